The van der Waals surface area contributed by atoms with Gasteiger partial charge in [0, 0.05) is 9.81 Å². The van der Waals surface area contributed by atoms with Gasteiger partial charge in [-0.15, -0.1) is 47.0 Å². The van der Waals surface area contributed by atoms with Crippen molar-refractivity contribution < 1.29 is 10.2 Å². The largest absolute Gasteiger partial charge is 0.391 e. The molecule has 2 atom stereocenters. The van der Waals surface area contributed by atoms with Gasteiger partial charge in [-0.3, -0.25) is 0 Å². The lowest BCUT2D eigenvalue weighted by atomic mass is 10.1. The van der Waals surface area contributed by atoms with Crippen LogP contribution in [0.15, 0.2) is 44.9 Å². The van der Waals surface area contributed by atoms with Crippen molar-refractivity contribution in [2.75, 3.05) is 13.2 Å². The van der Waals surface area contributed by atoms with Gasteiger partial charge in [-0.2, -0.15) is 0 Å². The Morgan fingerprint density at radius 2 is 1.14 bits per heavy atom. The summed E-state index contributed by atoms with van der Waals surface area (Å²) in [6.45, 7) is 0.321. The molecule has 0 aromatic heterocycles. The average molecular weight is 371 g/mol. The van der Waals surface area contributed by atoms with E-state index in [0.717, 1.165) is 22.7 Å². The standard InChI is InChI=1S/C16H18O2S4/c17-7-13-9-19-15(21-13)5-11-1-2-12(4-3-11)6-16-20-10-14(8-18)22-16/h1-4,9-10,15-18H,5-8H2. The van der Waals surface area contributed by atoms with E-state index in [-0.39, 0.29) is 13.2 Å². The summed E-state index contributed by atoms with van der Waals surface area (Å²) in [7, 11) is 0. The molecule has 2 N–H and O–H groups in total. The summed E-state index contributed by atoms with van der Waals surface area (Å²) in [4.78, 5) is 2.16. The van der Waals surface area contributed by atoms with Crippen molar-refractivity contribution in [2.45, 2.75) is 22.0 Å². The van der Waals surface area contributed by atoms with E-state index < -0.39 is 0 Å². The van der Waals surface area contributed by atoms with Crippen molar-refractivity contribution in [3.8, 4) is 0 Å². The Morgan fingerprint density at radius 1 is 0.727 bits per heavy atom. The second-order valence-electron chi connectivity index (χ2n) is 5.08. The predicted molar refractivity (Wildman–Crippen MR) is 102 cm³/mol. The number of aliphatic hydroxyl groups is 2. The van der Waals surface area contributed by atoms with Gasteiger partial charge in [-0.05, 0) is 34.8 Å². The van der Waals surface area contributed by atoms with Crippen molar-refractivity contribution in [3.63, 3.8) is 0 Å². The lowest BCUT2D eigenvalue weighted by molar-refractivity contribution is 0.339. The zero-order chi connectivity index (χ0) is 15.4. The molecule has 1 aromatic carbocycles. The van der Waals surface area contributed by atoms with Gasteiger partial charge in [0.2, 0.25) is 0 Å². The zero-order valence-electron chi connectivity index (χ0n) is 12.0. The highest BCUT2D eigenvalue weighted by Gasteiger charge is 2.20. The summed E-state index contributed by atoms with van der Waals surface area (Å²) >= 11 is 7.16. The van der Waals surface area contributed by atoms with Crippen molar-refractivity contribution in [3.05, 3.63) is 56.0 Å². The van der Waals surface area contributed by atoms with Crippen LogP contribution in [0.1, 0.15) is 11.1 Å². The number of aliphatic hydroxyl groups excluding tert-OH is 2. The summed E-state index contributed by atoms with van der Waals surface area (Å²) in [5, 5.41) is 22.4. The van der Waals surface area contributed by atoms with Gasteiger partial charge in [-0.25, -0.2) is 0 Å². The van der Waals surface area contributed by atoms with Gasteiger partial charge in [0.25, 0.3) is 0 Å². The lowest BCUT2D eigenvalue weighted by Gasteiger charge is -2.11. The molecule has 2 nitrogen and oxygen atoms in total. The molecular formula is C16H18O2S4. The molecule has 2 aliphatic heterocycles. The fraction of sp³-hybridized carbons (Fsp3) is 0.375. The molecule has 2 aliphatic rings. The molecule has 0 radical (unpaired) electrons. The first-order valence-electron chi connectivity index (χ1n) is 7.08. The second-order valence-corrected chi connectivity index (χ2v) is 10.5. The maximum atomic E-state index is 9.13. The Balaban J connectivity index is 1.49. The Kier molecular flexibility index (Phi) is 6.30. The highest BCUT2D eigenvalue weighted by molar-refractivity contribution is 8.23. The van der Waals surface area contributed by atoms with E-state index in [1.165, 1.54) is 11.1 Å². The van der Waals surface area contributed by atoms with E-state index >= 15 is 0 Å². The molecular weight excluding hydrogens is 352 g/mol. The minimum Gasteiger partial charge on any atom is -0.391 e. The SMILES string of the molecule is OCC1=CSC(Cc2ccc(CC3SC=C(CO)S3)cc2)S1. The van der Waals surface area contributed by atoms with Gasteiger partial charge in [0.05, 0.1) is 22.4 Å². The van der Waals surface area contributed by atoms with Gasteiger partial charge >= 0.3 is 0 Å². The van der Waals surface area contributed by atoms with Gasteiger partial charge < -0.3 is 10.2 Å². The van der Waals surface area contributed by atoms with Gasteiger partial charge in [-0.1, -0.05) is 24.3 Å². The third kappa shape index (κ3) is 4.52. The third-order valence-electron chi connectivity index (χ3n) is 3.41. The maximum Gasteiger partial charge on any atom is 0.0746 e. The van der Waals surface area contributed by atoms with Crippen LogP contribution in [0, 0.1) is 0 Å². The number of hydrogen-bond acceptors (Lipinski definition) is 6. The third-order valence-corrected chi connectivity index (χ3v) is 8.69. The van der Waals surface area contributed by atoms with E-state index in [9.17, 15) is 0 Å². The molecule has 0 spiro atoms. The second kappa shape index (κ2) is 8.22. The van der Waals surface area contributed by atoms with Crippen molar-refractivity contribution >= 4 is 47.0 Å². The van der Waals surface area contributed by atoms with E-state index in [4.69, 9.17) is 10.2 Å². The number of thioether (sulfide) groups is 4. The first kappa shape index (κ1) is 16.9. The van der Waals surface area contributed by atoms with Crippen LogP contribution in [0.2, 0.25) is 0 Å². The molecule has 0 saturated carbocycles. The number of rotatable bonds is 6. The Labute approximate surface area is 148 Å². The van der Waals surface area contributed by atoms with E-state index in [1.807, 2.05) is 0 Å². The van der Waals surface area contributed by atoms with Crippen LogP contribution in [-0.2, 0) is 12.8 Å². The summed E-state index contributed by atoms with van der Waals surface area (Å²) < 4.78 is 0.982. The highest BCUT2D eigenvalue weighted by atomic mass is 32.2. The van der Waals surface area contributed by atoms with Crippen molar-refractivity contribution in [1.29, 1.82) is 0 Å². The Hall–Kier alpha value is 0.0200. The Morgan fingerprint density at radius 3 is 1.45 bits per heavy atom. The van der Waals surface area contributed by atoms with Crippen LogP contribution >= 0.6 is 47.0 Å². The topological polar surface area (TPSA) is 40.5 Å². The van der Waals surface area contributed by atoms with Crippen LogP contribution < -0.4 is 0 Å². The summed E-state index contributed by atoms with van der Waals surface area (Å²) in [6, 6.07) is 8.88. The molecule has 2 heterocycles. The van der Waals surface area contributed by atoms with Crippen molar-refractivity contribution in [2.24, 2.45) is 0 Å². The fourth-order valence-corrected chi connectivity index (χ4v) is 7.28. The molecule has 2 unspecified atom stereocenters. The first-order chi connectivity index (χ1) is 10.8. The maximum absolute atomic E-state index is 9.13. The van der Waals surface area contributed by atoms with Crippen LogP contribution in [0.4, 0.5) is 0 Å². The van der Waals surface area contributed by atoms with E-state index in [1.54, 1.807) is 47.0 Å². The lowest BCUT2D eigenvalue weighted by Crippen LogP contribution is -2.01. The first-order valence-corrected chi connectivity index (χ1v) is 10.7. The quantitative estimate of drug-likeness (QED) is 0.787. The molecule has 3 rings (SSSR count). The minimum atomic E-state index is 0.160. The van der Waals surface area contributed by atoms with Crippen molar-refractivity contribution in [1.82, 2.24) is 0 Å². The molecule has 0 amide bonds. The monoisotopic (exact) mass is 370 g/mol. The average Bonchev–Trinajstić information content (AvgIpc) is 3.18. The fourth-order valence-electron chi connectivity index (χ4n) is 2.28. The smallest absolute Gasteiger partial charge is 0.0746 e. The van der Waals surface area contributed by atoms with Crippen LogP contribution in [-0.4, -0.2) is 32.6 Å². The van der Waals surface area contributed by atoms with Gasteiger partial charge in [0.15, 0.2) is 0 Å². The van der Waals surface area contributed by atoms with Gasteiger partial charge in [0.1, 0.15) is 0 Å². The molecule has 1 aromatic rings. The minimum absolute atomic E-state index is 0.160. The van der Waals surface area contributed by atoms with Crippen LogP contribution in [0.3, 0.4) is 0 Å². The molecule has 118 valence electrons. The Bertz CT molecular complexity index is 517. The summed E-state index contributed by atoms with van der Waals surface area (Å²) in [5.74, 6) is 0. The normalized spacial score (nSPS) is 24.5. The van der Waals surface area contributed by atoms with Crippen LogP contribution in [0.25, 0.3) is 0 Å². The number of benzene rings is 1. The predicted octanol–water partition coefficient (Wildman–Crippen LogP) is 4.05. The highest BCUT2D eigenvalue weighted by Crippen LogP contribution is 2.42. The molecule has 0 fully saturated rings. The summed E-state index contributed by atoms with van der Waals surface area (Å²) in [6.07, 6.45) is 2.05. The van der Waals surface area contributed by atoms with E-state index in [2.05, 4.69) is 35.1 Å². The summed E-state index contributed by atoms with van der Waals surface area (Å²) in [5.41, 5.74) is 2.70. The van der Waals surface area contributed by atoms with E-state index in [0.29, 0.717) is 9.16 Å². The molecule has 6 heteroatoms. The van der Waals surface area contributed by atoms with Crippen LogP contribution in [0.5, 0.6) is 0 Å². The zero-order valence-corrected chi connectivity index (χ0v) is 15.2. The molecule has 0 bridgehead atoms. The molecule has 22 heavy (non-hydrogen) atoms. The molecule has 0 aliphatic carbocycles. The number of hydrogen-bond donors (Lipinski definition) is 2. The molecule has 0 saturated heterocycles.